The molecule has 3 heterocycles. The fourth-order valence-corrected chi connectivity index (χ4v) is 2.67. The van der Waals surface area contributed by atoms with Crippen molar-refractivity contribution >= 4 is 17.0 Å². The van der Waals surface area contributed by atoms with E-state index in [0.29, 0.717) is 23.9 Å². The molecule has 0 amide bonds. The molecule has 0 unspecified atom stereocenters. The van der Waals surface area contributed by atoms with Gasteiger partial charge in [0.05, 0.1) is 17.5 Å². The summed E-state index contributed by atoms with van der Waals surface area (Å²) in [4.78, 5) is 19.6. The number of fused-ring (bicyclic) bond motifs is 2. The van der Waals surface area contributed by atoms with Crippen LogP contribution in [0, 0.1) is 0 Å². The number of ether oxygens (including phenoxy) is 2. The van der Waals surface area contributed by atoms with Gasteiger partial charge in [0, 0.05) is 36.6 Å². The van der Waals surface area contributed by atoms with Crippen molar-refractivity contribution in [3.63, 3.8) is 0 Å². The summed E-state index contributed by atoms with van der Waals surface area (Å²) in [5.74, 6) is 1.15. The average Bonchev–Trinajstić information content (AvgIpc) is 3.15. The monoisotopic (exact) mass is 311 g/mol. The highest BCUT2D eigenvalue weighted by Crippen LogP contribution is 2.37. The number of imidazole rings is 1. The molecule has 0 saturated carbocycles. The number of carbonyl (C=O) groups is 1. The van der Waals surface area contributed by atoms with Gasteiger partial charge in [0.25, 0.3) is 0 Å². The van der Waals surface area contributed by atoms with Gasteiger partial charge in [-0.3, -0.25) is 9.78 Å². The lowest BCUT2D eigenvalue weighted by Gasteiger charge is -2.08. The fraction of sp³-hybridized carbons (Fsp3) is 0.188. The van der Waals surface area contributed by atoms with Crippen LogP contribution in [-0.2, 0) is 11.3 Å². The van der Waals surface area contributed by atoms with Gasteiger partial charge in [-0.05, 0) is 12.1 Å². The highest BCUT2D eigenvalue weighted by atomic mass is 16.7. The number of pyridine rings is 1. The zero-order chi connectivity index (χ0) is 15.8. The summed E-state index contributed by atoms with van der Waals surface area (Å²) < 4.78 is 12.7. The van der Waals surface area contributed by atoms with Crippen molar-refractivity contribution in [1.29, 1.82) is 0 Å². The van der Waals surface area contributed by atoms with Crippen LogP contribution in [0.4, 0.5) is 0 Å². The Balaban J connectivity index is 1.90. The van der Waals surface area contributed by atoms with E-state index in [1.165, 1.54) is 0 Å². The summed E-state index contributed by atoms with van der Waals surface area (Å²) in [6.45, 7) is 0.511. The molecule has 116 valence electrons. The van der Waals surface area contributed by atoms with Crippen LogP contribution in [0.25, 0.3) is 22.4 Å². The third-order valence-electron chi connectivity index (χ3n) is 3.73. The molecule has 1 aliphatic heterocycles. The molecule has 3 aromatic rings. The number of aromatic nitrogens is 3. The van der Waals surface area contributed by atoms with E-state index in [2.05, 4.69) is 9.97 Å². The van der Waals surface area contributed by atoms with E-state index >= 15 is 0 Å². The Kier molecular flexibility index (Phi) is 3.11. The molecule has 0 atom stereocenters. The lowest BCUT2D eigenvalue weighted by Crippen LogP contribution is -2.06. The third-order valence-corrected chi connectivity index (χ3v) is 3.73. The molecule has 4 rings (SSSR count). The SMILES string of the molecule is O=C(O)CCn1c(-c2ccncc2)nc2cc3c(cc21)OCO3. The molecule has 0 radical (unpaired) electrons. The van der Waals surface area contributed by atoms with E-state index in [9.17, 15) is 4.79 Å². The van der Waals surface area contributed by atoms with Crippen molar-refractivity contribution in [3.05, 3.63) is 36.7 Å². The number of hydrogen-bond donors (Lipinski definition) is 1. The van der Waals surface area contributed by atoms with Gasteiger partial charge in [-0.2, -0.15) is 0 Å². The van der Waals surface area contributed by atoms with Crippen LogP contribution in [0.15, 0.2) is 36.7 Å². The number of rotatable bonds is 4. The quantitative estimate of drug-likeness (QED) is 0.795. The summed E-state index contributed by atoms with van der Waals surface area (Å²) in [7, 11) is 0. The molecule has 1 aliphatic rings. The predicted molar refractivity (Wildman–Crippen MR) is 81.3 cm³/mol. The smallest absolute Gasteiger partial charge is 0.305 e. The van der Waals surface area contributed by atoms with E-state index < -0.39 is 5.97 Å². The fourth-order valence-electron chi connectivity index (χ4n) is 2.67. The Hall–Kier alpha value is -3.09. The molecule has 7 nitrogen and oxygen atoms in total. The second-order valence-corrected chi connectivity index (χ2v) is 5.16. The van der Waals surface area contributed by atoms with Gasteiger partial charge in [-0.1, -0.05) is 0 Å². The molecule has 0 aliphatic carbocycles. The standard InChI is InChI=1S/C16H13N3O4/c20-15(21)3-6-19-12-8-14-13(22-9-23-14)7-11(12)18-16(19)10-1-4-17-5-2-10/h1-2,4-5,7-8H,3,6,9H2,(H,20,21). The maximum absolute atomic E-state index is 11.0. The number of benzene rings is 1. The van der Waals surface area contributed by atoms with Gasteiger partial charge < -0.3 is 19.1 Å². The first-order valence-electron chi connectivity index (χ1n) is 7.14. The third kappa shape index (κ3) is 2.36. The van der Waals surface area contributed by atoms with E-state index in [-0.39, 0.29) is 13.2 Å². The van der Waals surface area contributed by atoms with Crippen LogP contribution in [-0.4, -0.2) is 32.4 Å². The van der Waals surface area contributed by atoms with E-state index in [1.807, 2.05) is 28.8 Å². The highest BCUT2D eigenvalue weighted by molar-refractivity contribution is 5.84. The van der Waals surface area contributed by atoms with Gasteiger partial charge in [0.15, 0.2) is 11.5 Å². The van der Waals surface area contributed by atoms with E-state index in [1.54, 1.807) is 12.4 Å². The summed E-state index contributed by atoms with van der Waals surface area (Å²) in [6, 6.07) is 7.36. The van der Waals surface area contributed by atoms with Crippen molar-refractivity contribution in [2.75, 3.05) is 6.79 Å². The molecule has 1 N–H and O–H groups in total. The first-order valence-corrected chi connectivity index (χ1v) is 7.14. The van der Waals surface area contributed by atoms with Crippen LogP contribution in [0.1, 0.15) is 6.42 Å². The summed E-state index contributed by atoms with van der Waals surface area (Å²) >= 11 is 0. The van der Waals surface area contributed by atoms with Crippen LogP contribution < -0.4 is 9.47 Å². The number of aliphatic carboxylic acids is 1. The topological polar surface area (TPSA) is 86.5 Å². The first kappa shape index (κ1) is 13.6. The van der Waals surface area contributed by atoms with Crippen molar-refractivity contribution in [3.8, 4) is 22.9 Å². The van der Waals surface area contributed by atoms with E-state index in [4.69, 9.17) is 14.6 Å². The maximum Gasteiger partial charge on any atom is 0.305 e. The second-order valence-electron chi connectivity index (χ2n) is 5.16. The Bertz CT molecular complexity index is 889. The zero-order valence-corrected chi connectivity index (χ0v) is 12.1. The summed E-state index contributed by atoms with van der Waals surface area (Å²) in [5.41, 5.74) is 2.44. The Morgan fingerprint density at radius 1 is 1.22 bits per heavy atom. The average molecular weight is 311 g/mol. The minimum atomic E-state index is -0.853. The van der Waals surface area contributed by atoms with Crippen molar-refractivity contribution in [2.45, 2.75) is 13.0 Å². The van der Waals surface area contributed by atoms with Crippen molar-refractivity contribution in [1.82, 2.24) is 14.5 Å². The molecule has 0 spiro atoms. The normalized spacial score (nSPS) is 12.7. The van der Waals surface area contributed by atoms with Gasteiger partial charge in [0.2, 0.25) is 6.79 Å². The molecule has 0 saturated heterocycles. The number of carboxylic acids is 1. The Morgan fingerprint density at radius 2 is 1.96 bits per heavy atom. The largest absolute Gasteiger partial charge is 0.481 e. The minimum absolute atomic E-state index is 0.0119. The lowest BCUT2D eigenvalue weighted by molar-refractivity contribution is -0.137. The molecule has 0 bridgehead atoms. The molecular weight excluding hydrogens is 298 g/mol. The number of hydrogen-bond acceptors (Lipinski definition) is 5. The summed E-state index contributed by atoms with van der Waals surface area (Å²) in [6.07, 6.45) is 3.38. The van der Waals surface area contributed by atoms with Crippen molar-refractivity contribution < 1.29 is 19.4 Å². The number of aryl methyl sites for hydroxylation is 1. The lowest BCUT2D eigenvalue weighted by atomic mass is 10.2. The molecule has 2 aromatic heterocycles. The second kappa shape index (κ2) is 5.28. The van der Waals surface area contributed by atoms with E-state index in [0.717, 1.165) is 16.6 Å². The molecule has 7 heteroatoms. The Labute approximate surface area is 131 Å². The first-order chi connectivity index (χ1) is 11.2. The van der Waals surface area contributed by atoms with Crippen LogP contribution >= 0.6 is 0 Å². The molecule has 23 heavy (non-hydrogen) atoms. The van der Waals surface area contributed by atoms with Gasteiger partial charge >= 0.3 is 5.97 Å². The number of nitrogens with zero attached hydrogens (tertiary/aromatic N) is 3. The van der Waals surface area contributed by atoms with Crippen LogP contribution in [0.5, 0.6) is 11.5 Å². The zero-order valence-electron chi connectivity index (χ0n) is 12.1. The van der Waals surface area contributed by atoms with Crippen molar-refractivity contribution in [2.24, 2.45) is 0 Å². The molecular formula is C16H13N3O4. The van der Waals surface area contributed by atoms with Crippen LogP contribution in [0.3, 0.4) is 0 Å². The highest BCUT2D eigenvalue weighted by Gasteiger charge is 2.20. The van der Waals surface area contributed by atoms with Gasteiger partial charge in [0.1, 0.15) is 5.82 Å². The van der Waals surface area contributed by atoms with Crippen LogP contribution in [0.2, 0.25) is 0 Å². The van der Waals surface area contributed by atoms with Gasteiger partial charge in [-0.15, -0.1) is 0 Å². The summed E-state index contributed by atoms with van der Waals surface area (Å²) in [5, 5.41) is 9.01. The maximum atomic E-state index is 11.0. The predicted octanol–water partition coefficient (Wildman–Crippen LogP) is 2.30. The molecule has 1 aromatic carbocycles. The van der Waals surface area contributed by atoms with Gasteiger partial charge in [-0.25, -0.2) is 4.98 Å². The Morgan fingerprint density at radius 3 is 2.70 bits per heavy atom. The molecule has 0 fully saturated rings. The number of carboxylic acid groups (broad SMARTS) is 1. The minimum Gasteiger partial charge on any atom is -0.481 e.